The molecule has 0 atom stereocenters. The van der Waals surface area contributed by atoms with E-state index >= 15 is 0 Å². The molecule has 0 aliphatic rings. The standard InChI is InChI=1S/C7H3ClN6/c8-5-1-2-7(11-6(5)3-9)14-4-10-12-13-14/h1-2,4H. The summed E-state index contributed by atoms with van der Waals surface area (Å²) in [6.45, 7) is 0. The van der Waals surface area contributed by atoms with Crippen LogP contribution in [0.3, 0.4) is 0 Å². The molecular weight excluding hydrogens is 204 g/mol. The Morgan fingerprint density at radius 2 is 2.29 bits per heavy atom. The number of hydrogen-bond acceptors (Lipinski definition) is 5. The maximum Gasteiger partial charge on any atom is 0.161 e. The highest BCUT2D eigenvalue weighted by Crippen LogP contribution is 2.14. The van der Waals surface area contributed by atoms with Crippen LogP contribution in [0, 0.1) is 11.3 Å². The lowest BCUT2D eigenvalue weighted by molar-refractivity contribution is 0.770. The second-order valence-electron chi connectivity index (χ2n) is 2.37. The minimum absolute atomic E-state index is 0.152. The van der Waals surface area contributed by atoms with Gasteiger partial charge in [-0.2, -0.15) is 9.94 Å². The topological polar surface area (TPSA) is 80.3 Å². The molecule has 2 rings (SSSR count). The number of tetrazole rings is 1. The van der Waals surface area contributed by atoms with Crippen LogP contribution in [0.4, 0.5) is 0 Å². The van der Waals surface area contributed by atoms with Crippen molar-refractivity contribution < 1.29 is 0 Å². The maximum absolute atomic E-state index is 8.68. The molecule has 0 saturated carbocycles. The average molecular weight is 207 g/mol. The quantitative estimate of drug-likeness (QED) is 0.682. The number of rotatable bonds is 1. The third kappa shape index (κ3) is 1.41. The zero-order valence-corrected chi connectivity index (χ0v) is 7.55. The monoisotopic (exact) mass is 206 g/mol. The van der Waals surface area contributed by atoms with Crippen LogP contribution in [-0.2, 0) is 0 Å². The molecule has 0 aromatic carbocycles. The van der Waals surface area contributed by atoms with Crippen LogP contribution >= 0.6 is 11.6 Å². The third-order valence-electron chi connectivity index (χ3n) is 1.52. The first-order chi connectivity index (χ1) is 6.81. The van der Waals surface area contributed by atoms with Crippen molar-refractivity contribution in [2.45, 2.75) is 0 Å². The molecule has 0 spiro atoms. The molecule has 0 aliphatic carbocycles. The fraction of sp³-hybridized carbons (Fsp3) is 0. The Labute approximate surface area is 83.8 Å². The van der Waals surface area contributed by atoms with E-state index in [1.54, 1.807) is 12.1 Å². The lowest BCUT2D eigenvalue weighted by atomic mass is 10.3. The molecule has 2 aromatic rings. The summed E-state index contributed by atoms with van der Waals surface area (Å²) < 4.78 is 1.34. The highest BCUT2D eigenvalue weighted by atomic mass is 35.5. The Balaban J connectivity index is 2.53. The Kier molecular flexibility index (Phi) is 2.08. The van der Waals surface area contributed by atoms with E-state index < -0.39 is 0 Å². The predicted molar refractivity (Wildman–Crippen MR) is 46.7 cm³/mol. The Hall–Kier alpha value is -2.00. The first-order valence-electron chi connectivity index (χ1n) is 3.61. The minimum atomic E-state index is 0.152. The summed E-state index contributed by atoms with van der Waals surface area (Å²) in [5.74, 6) is 0.455. The van der Waals surface area contributed by atoms with Crippen molar-refractivity contribution in [1.29, 1.82) is 5.26 Å². The summed E-state index contributed by atoms with van der Waals surface area (Å²) >= 11 is 5.71. The van der Waals surface area contributed by atoms with Gasteiger partial charge >= 0.3 is 0 Å². The van der Waals surface area contributed by atoms with Gasteiger partial charge in [0.25, 0.3) is 0 Å². The Bertz CT molecular complexity index is 485. The molecule has 2 heterocycles. The van der Waals surface area contributed by atoms with Crippen LogP contribution < -0.4 is 0 Å². The molecule has 0 unspecified atom stereocenters. The number of nitrogens with zero attached hydrogens (tertiary/aromatic N) is 6. The van der Waals surface area contributed by atoms with Crippen molar-refractivity contribution in [3.63, 3.8) is 0 Å². The van der Waals surface area contributed by atoms with Crippen LogP contribution in [0.5, 0.6) is 0 Å². The maximum atomic E-state index is 8.68. The fourth-order valence-corrected chi connectivity index (χ4v) is 1.05. The molecule has 2 aromatic heterocycles. The molecule has 0 radical (unpaired) electrons. The second-order valence-corrected chi connectivity index (χ2v) is 2.77. The molecule has 0 aliphatic heterocycles. The molecule has 68 valence electrons. The molecule has 0 N–H and O–H groups in total. The van der Waals surface area contributed by atoms with Gasteiger partial charge in [0, 0.05) is 0 Å². The summed E-state index contributed by atoms with van der Waals surface area (Å²) in [7, 11) is 0. The fourth-order valence-electron chi connectivity index (χ4n) is 0.904. The second kappa shape index (κ2) is 3.40. The van der Waals surface area contributed by atoms with Crippen LogP contribution in [0.25, 0.3) is 5.82 Å². The first kappa shape index (κ1) is 8.59. The van der Waals surface area contributed by atoms with E-state index in [0.717, 1.165) is 0 Å². The first-order valence-corrected chi connectivity index (χ1v) is 3.99. The molecule has 7 heteroatoms. The van der Waals surface area contributed by atoms with Crippen molar-refractivity contribution in [3.05, 3.63) is 29.2 Å². The van der Waals surface area contributed by atoms with Crippen molar-refractivity contribution in [2.24, 2.45) is 0 Å². The zero-order valence-electron chi connectivity index (χ0n) is 6.79. The smallest absolute Gasteiger partial charge is 0.161 e. The van der Waals surface area contributed by atoms with Gasteiger partial charge in [-0.1, -0.05) is 11.6 Å². The van der Waals surface area contributed by atoms with Gasteiger partial charge in [0.15, 0.2) is 11.5 Å². The van der Waals surface area contributed by atoms with Gasteiger partial charge in [-0.15, -0.1) is 5.10 Å². The van der Waals surface area contributed by atoms with Crippen LogP contribution in [0.1, 0.15) is 5.69 Å². The van der Waals surface area contributed by atoms with Crippen LogP contribution in [0.15, 0.2) is 18.5 Å². The predicted octanol–water partition coefficient (Wildman–Crippen LogP) is 0.582. The zero-order chi connectivity index (χ0) is 9.97. The number of aromatic nitrogens is 5. The molecule has 0 fully saturated rings. The normalized spacial score (nSPS) is 9.71. The van der Waals surface area contributed by atoms with Gasteiger partial charge in [-0.3, -0.25) is 0 Å². The molecule has 0 amide bonds. The number of nitriles is 1. The largest absolute Gasteiger partial charge is 0.216 e. The lowest BCUT2D eigenvalue weighted by Gasteiger charge is -1.98. The van der Waals surface area contributed by atoms with Crippen molar-refractivity contribution >= 4 is 11.6 Å². The van der Waals surface area contributed by atoms with Gasteiger partial charge in [0.1, 0.15) is 12.4 Å². The number of halogens is 1. The molecule has 0 saturated heterocycles. The van der Waals surface area contributed by atoms with Crippen LogP contribution in [-0.4, -0.2) is 25.2 Å². The summed E-state index contributed by atoms with van der Waals surface area (Å²) in [4.78, 5) is 3.96. The highest BCUT2D eigenvalue weighted by molar-refractivity contribution is 6.31. The van der Waals surface area contributed by atoms with Gasteiger partial charge < -0.3 is 0 Å². The summed E-state index contributed by atoms with van der Waals surface area (Å²) in [6, 6.07) is 5.07. The van der Waals surface area contributed by atoms with Gasteiger partial charge in [-0.25, -0.2) is 4.98 Å². The summed E-state index contributed by atoms with van der Waals surface area (Å²) in [5, 5.41) is 19.5. The van der Waals surface area contributed by atoms with Crippen molar-refractivity contribution in [2.75, 3.05) is 0 Å². The SMILES string of the molecule is N#Cc1nc(-n2cnnn2)ccc1Cl. The van der Waals surface area contributed by atoms with E-state index in [4.69, 9.17) is 16.9 Å². The minimum Gasteiger partial charge on any atom is -0.216 e. The van der Waals surface area contributed by atoms with Crippen molar-refractivity contribution in [3.8, 4) is 11.9 Å². The number of pyridine rings is 1. The van der Waals surface area contributed by atoms with E-state index in [1.165, 1.54) is 11.0 Å². The molecule has 14 heavy (non-hydrogen) atoms. The van der Waals surface area contributed by atoms with Gasteiger partial charge in [0.05, 0.1) is 5.02 Å². The summed E-state index contributed by atoms with van der Waals surface area (Å²) in [6.07, 6.45) is 1.39. The van der Waals surface area contributed by atoms with E-state index in [9.17, 15) is 0 Å². The molecule has 0 bridgehead atoms. The lowest BCUT2D eigenvalue weighted by Crippen LogP contribution is -2.00. The number of hydrogen-bond donors (Lipinski definition) is 0. The molecule has 6 nitrogen and oxygen atoms in total. The highest BCUT2D eigenvalue weighted by Gasteiger charge is 2.04. The molecular formula is C7H3ClN6. The Morgan fingerprint density at radius 3 is 2.93 bits per heavy atom. The van der Waals surface area contributed by atoms with E-state index in [-0.39, 0.29) is 5.69 Å². The van der Waals surface area contributed by atoms with Gasteiger partial charge in [-0.05, 0) is 22.6 Å². The third-order valence-corrected chi connectivity index (χ3v) is 1.83. The van der Waals surface area contributed by atoms with Crippen molar-refractivity contribution in [1.82, 2.24) is 25.2 Å². The Morgan fingerprint density at radius 1 is 1.43 bits per heavy atom. The van der Waals surface area contributed by atoms with Gasteiger partial charge in [0.2, 0.25) is 0 Å². The van der Waals surface area contributed by atoms with E-state index in [1.807, 2.05) is 6.07 Å². The van der Waals surface area contributed by atoms with E-state index in [2.05, 4.69) is 20.5 Å². The average Bonchev–Trinajstić information content (AvgIpc) is 2.71. The summed E-state index contributed by atoms with van der Waals surface area (Å²) in [5.41, 5.74) is 0.152. The van der Waals surface area contributed by atoms with Crippen LogP contribution in [0.2, 0.25) is 5.02 Å². The van der Waals surface area contributed by atoms with E-state index in [0.29, 0.717) is 10.8 Å².